The fraction of sp³-hybridized carbons (Fsp3) is 0.364. The predicted octanol–water partition coefficient (Wildman–Crippen LogP) is 1.80. The Morgan fingerprint density at radius 3 is 2.75 bits per heavy atom. The van der Waals surface area contributed by atoms with E-state index in [4.69, 9.17) is 5.11 Å². The minimum atomic E-state index is -0.783. The Hall–Kier alpha value is -1.54. The van der Waals surface area contributed by atoms with Crippen LogP contribution in [0.5, 0.6) is 0 Å². The smallest absolute Gasteiger partial charge is 0.303 e. The second-order valence-corrected chi connectivity index (χ2v) is 3.78. The molecule has 0 saturated carbocycles. The number of rotatable bonds is 4. The van der Waals surface area contributed by atoms with Crippen LogP contribution in [-0.2, 0) is 4.79 Å². The monoisotopic (exact) mass is 236 g/mol. The molecule has 0 aliphatic carbocycles. The van der Waals surface area contributed by atoms with Crippen molar-refractivity contribution in [1.29, 1.82) is 0 Å². The zero-order valence-corrected chi connectivity index (χ0v) is 9.75. The molecule has 1 rings (SSSR count). The quantitative estimate of drug-likeness (QED) is 0.374. The zero-order chi connectivity index (χ0) is 11.8. The van der Waals surface area contributed by atoms with Crippen molar-refractivity contribution >= 4 is 17.7 Å². The summed E-state index contributed by atoms with van der Waals surface area (Å²) in [6.07, 6.45) is 6.57. The largest absolute Gasteiger partial charge is 0.481 e. The van der Waals surface area contributed by atoms with Gasteiger partial charge in [0.2, 0.25) is 0 Å². The van der Waals surface area contributed by atoms with Crippen molar-refractivity contribution in [3.63, 3.8) is 0 Å². The maximum atomic E-state index is 10.2. The predicted molar refractivity (Wildman–Crippen MR) is 62.2 cm³/mol. The van der Waals surface area contributed by atoms with Crippen LogP contribution >= 0.6 is 11.8 Å². The molecule has 0 spiro atoms. The summed E-state index contributed by atoms with van der Waals surface area (Å²) < 4.78 is 0. The van der Waals surface area contributed by atoms with Gasteiger partial charge in [-0.1, -0.05) is 23.6 Å². The molecule has 1 N–H and O–H groups in total. The van der Waals surface area contributed by atoms with Crippen LogP contribution in [0.2, 0.25) is 0 Å². The standard InChI is InChI=1S/C11H12N2O2S/c1-16-11-12-7-9(8-13-11)5-3-2-4-6-10(14)15/h7-8H,2,4,6H2,1H3,(H,14,15). The van der Waals surface area contributed by atoms with Gasteiger partial charge in [0.15, 0.2) is 5.16 Å². The molecular weight excluding hydrogens is 224 g/mol. The highest BCUT2D eigenvalue weighted by atomic mass is 32.2. The summed E-state index contributed by atoms with van der Waals surface area (Å²) in [6.45, 7) is 0. The molecule has 0 fully saturated rings. The van der Waals surface area contributed by atoms with Crippen LogP contribution in [0.1, 0.15) is 24.8 Å². The van der Waals surface area contributed by atoms with Gasteiger partial charge in [0.05, 0.1) is 5.56 Å². The van der Waals surface area contributed by atoms with E-state index in [2.05, 4.69) is 21.8 Å². The third kappa shape index (κ3) is 4.80. The molecule has 5 heteroatoms. The Labute approximate surface area is 98.5 Å². The van der Waals surface area contributed by atoms with E-state index in [1.54, 1.807) is 12.4 Å². The van der Waals surface area contributed by atoms with Crippen molar-refractivity contribution in [3.05, 3.63) is 18.0 Å². The van der Waals surface area contributed by atoms with Crippen LogP contribution < -0.4 is 0 Å². The number of nitrogens with zero attached hydrogens (tertiary/aromatic N) is 2. The number of carboxylic acid groups (broad SMARTS) is 1. The van der Waals surface area contributed by atoms with Crippen LogP contribution in [0.15, 0.2) is 17.6 Å². The fourth-order valence-corrected chi connectivity index (χ4v) is 1.29. The number of aromatic nitrogens is 2. The van der Waals surface area contributed by atoms with E-state index in [9.17, 15) is 4.79 Å². The molecule has 1 aromatic heterocycles. The summed E-state index contributed by atoms with van der Waals surface area (Å²) in [7, 11) is 0. The lowest BCUT2D eigenvalue weighted by molar-refractivity contribution is -0.137. The minimum Gasteiger partial charge on any atom is -0.481 e. The summed E-state index contributed by atoms with van der Waals surface area (Å²) in [5, 5.41) is 9.14. The Morgan fingerprint density at radius 1 is 1.50 bits per heavy atom. The molecule has 84 valence electrons. The zero-order valence-electron chi connectivity index (χ0n) is 8.93. The second kappa shape index (κ2) is 6.85. The third-order valence-corrected chi connectivity index (χ3v) is 2.31. The molecule has 0 atom stereocenters. The van der Waals surface area contributed by atoms with E-state index in [1.165, 1.54) is 11.8 Å². The van der Waals surface area contributed by atoms with Gasteiger partial charge in [0.25, 0.3) is 0 Å². The van der Waals surface area contributed by atoms with Gasteiger partial charge >= 0.3 is 5.97 Å². The number of carbonyl (C=O) groups is 1. The average Bonchev–Trinajstić information content (AvgIpc) is 2.29. The van der Waals surface area contributed by atoms with E-state index in [-0.39, 0.29) is 6.42 Å². The van der Waals surface area contributed by atoms with Gasteiger partial charge in [0, 0.05) is 25.2 Å². The number of thioether (sulfide) groups is 1. The highest BCUT2D eigenvalue weighted by Crippen LogP contribution is 2.06. The lowest BCUT2D eigenvalue weighted by Gasteiger charge is -1.92. The molecule has 0 bridgehead atoms. The number of carboxylic acids is 1. The Balaban J connectivity index is 2.41. The number of unbranched alkanes of at least 4 members (excludes halogenated alkanes) is 1. The van der Waals surface area contributed by atoms with E-state index < -0.39 is 5.97 Å². The molecule has 0 amide bonds. The van der Waals surface area contributed by atoms with Crippen LogP contribution in [0.25, 0.3) is 0 Å². The van der Waals surface area contributed by atoms with Gasteiger partial charge in [-0.05, 0) is 12.7 Å². The summed E-state index contributed by atoms with van der Waals surface area (Å²) in [6, 6.07) is 0. The van der Waals surface area contributed by atoms with E-state index in [1.807, 2.05) is 6.26 Å². The van der Waals surface area contributed by atoms with Crippen LogP contribution in [0.3, 0.4) is 0 Å². The first-order valence-electron chi connectivity index (χ1n) is 4.79. The molecule has 0 unspecified atom stereocenters. The minimum absolute atomic E-state index is 0.163. The summed E-state index contributed by atoms with van der Waals surface area (Å²) >= 11 is 1.48. The highest BCUT2D eigenvalue weighted by Gasteiger charge is 1.94. The Bertz CT molecular complexity index is 406. The van der Waals surface area contributed by atoms with Crippen molar-refractivity contribution in [3.8, 4) is 11.8 Å². The molecule has 16 heavy (non-hydrogen) atoms. The summed E-state index contributed by atoms with van der Waals surface area (Å²) in [4.78, 5) is 18.4. The first kappa shape index (κ1) is 12.5. The Kier molecular flexibility index (Phi) is 5.37. The van der Waals surface area contributed by atoms with Gasteiger partial charge in [-0.15, -0.1) is 0 Å². The van der Waals surface area contributed by atoms with Crippen molar-refractivity contribution < 1.29 is 9.90 Å². The molecule has 1 heterocycles. The molecule has 1 aromatic rings. The van der Waals surface area contributed by atoms with E-state index in [0.29, 0.717) is 12.8 Å². The van der Waals surface area contributed by atoms with Gasteiger partial charge in [-0.25, -0.2) is 9.97 Å². The van der Waals surface area contributed by atoms with Gasteiger partial charge < -0.3 is 5.11 Å². The third-order valence-electron chi connectivity index (χ3n) is 1.74. The van der Waals surface area contributed by atoms with E-state index >= 15 is 0 Å². The summed E-state index contributed by atoms with van der Waals surface area (Å²) in [5.41, 5.74) is 0.758. The van der Waals surface area contributed by atoms with Gasteiger partial charge in [0.1, 0.15) is 0 Å². The van der Waals surface area contributed by atoms with Crippen molar-refractivity contribution in [2.45, 2.75) is 24.4 Å². The van der Waals surface area contributed by atoms with E-state index in [0.717, 1.165) is 10.7 Å². The van der Waals surface area contributed by atoms with Gasteiger partial charge in [-0.3, -0.25) is 4.79 Å². The molecule has 0 aliphatic rings. The summed E-state index contributed by atoms with van der Waals surface area (Å²) in [5.74, 6) is 5.00. The maximum absolute atomic E-state index is 10.2. The highest BCUT2D eigenvalue weighted by molar-refractivity contribution is 7.98. The van der Waals surface area contributed by atoms with Crippen molar-refractivity contribution in [2.75, 3.05) is 6.26 Å². The molecular formula is C11H12N2O2S. The van der Waals surface area contributed by atoms with Crippen molar-refractivity contribution in [2.24, 2.45) is 0 Å². The Morgan fingerprint density at radius 2 is 2.19 bits per heavy atom. The second-order valence-electron chi connectivity index (χ2n) is 3.01. The normalized spacial score (nSPS) is 9.31. The molecule has 0 saturated heterocycles. The van der Waals surface area contributed by atoms with Gasteiger partial charge in [-0.2, -0.15) is 0 Å². The first-order chi connectivity index (χ1) is 7.72. The SMILES string of the molecule is CSc1ncc(C#CCCCC(=O)O)cn1. The number of aliphatic carboxylic acids is 1. The number of hydrogen-bond acceptors (Lipinski definition) is 4. The van der Waals surface area contributed by atoms with Crippen LogP contribution in [0.4, 0.5) is 0 Å². The van der Waals surface area contributed by atoms with Crippen LogP contribution in [-0.4, -0.2) is 27.3 Å². The molecule has 4 nitrogen and oxygen atoms in total. The number of hydrogen-bond donors (Lipinski definition) is 1. The van der Waals surface area contributed by atoms with Crippen LogP contribution in [0, 0.1) is 11.8 Å². The average molecular weight is 236 g/mol. The first-order valence-corrected chi connectivity index (χ1v) is 6.01. The van der Waals surface area contributed by atoms with Crippen molar-refractivity contribution in [1.82, 2.24) is 9.97 Å². The molecule has 0 aliphatic heterocycles. The fourth-order valence-electron chi connectivity index (χ4n) is 0.979. The molecule has 0 aromatic carbocycles. The molecule has 0 radical (unpaired) electrons. The maximum Gasteiger partial charge on any atom is 0.303 e. The topological polar surface area (TPSA) is 63.1 Å². The lowest BCUT2D eigenvalue weighted by atomic mass is 10.2. The lowest BCUT2D eigenvalue weighted by Crippen LogP contribution is -1.92.